The fraction of sp³-hybridized carbons (Fsp3) is 0.368. The van der Waals surface area contributed by atoms with Crippen molar-refractivity contribution in [1.29, 1.82) is 0 Å². The third kappa shape index (κ3) is 4.23. The van der Waals surface area contributed by atoms with Gasteiger partial charge in [-0.1, -0.05) is 18.2 Å². The maximum absolute atomic E-state index is 12.1. The zero-order valence-electron chi connectivity index (χ0n) is 14.9. The molecule has 1 aliphatic rings. The average molecular weight is 356 g/mol. The Morgan fingerprint density at radius 3 is 2.46 bits per heavy atom. The number of methoxy groups -OCH3 is 1. The number of pyridine rings is 1. The molecular weight excluding hydrogens is 332 g/mol. The summed E-state index contributed by atoms with van der Waals surface area (Å²) in [6.45, 7) is 4.21. The molecule has 0 saturated carbocycles. The largest absolute Gasteiger partial charge is 0.491 e. The maximum atomic E-state index is 12.1. The monoisotopic (exact) mass is 356 g/mol. The van der Waals surface area contributed by atoms with E-state index in [0.717, 1.165) is 31.9 Å². The lowest BCUT2D eigenvalue weighted by Gasteiger charge is -2.36. The number of benzene rings is 1. The molecule has 26 heavy (non-hydrogen) atoms. The molecule has 0 unspecified atom stereocenters. The van der Waals surface area contributed by atoms with Gasteiger partial charge in [0.2, 0.25) is 11.3 Å². The van der Waals surface area contributed by atoms with Crippen molar-refractivity contribution in [1.82, 2.24) is 9.47 Å². The van der Waals surface area contributed by atoms with Crippen molar-refractivity contribution in [2.75, 3.05) is 38.2 Å². The van der Waals surface area contributed by atoms with E-state index in [9.17, 15) is 9.59 Å². The molecule has 7 heteroatoms. The highest BCUT2D eigenvalue weighted by Gasteiger charge is 2.19. The van der Waals surface area contributed by atoms with Crippen LogP contribution in [0.1, 0.15) is 5.69 Å². The topological polar surface area (TPSA) is 80.8 Å². The van der Waals surface area contributed by atoms with Crippen LogP contribution in [0, 0.1) is 0 Å². The zero-order chi connectivity index (χ0) is 18.5. The Kier molecular flexibility index (Phi) is 5.58. The molecule has 1 aromatic heterocycles. The molecule has 138 valence electrons. The molecule has 2 N–H and O–H groups in total. The molecule has 2 heterocycles. The van der Waals surface area contributed by atoms with Crippen molar-refractivity contribution in [3.8, 4) is 5.75 Å². The van der Waals surface area contributed by atoms with Crippen LogP contribution in [-0.2, 0) is 17.9 Å². The van der Waals surface area contributed by atoms with Gasteiger partial charge < -0.3 is 19.9 Å². The van der Waals surface area contributed by atoms with E-state index in [1.807, 2.05) is 18.2 Å². The van der Waals surface area contributed by atoms with Crippen LogP contribution in [0.25, 0.3) is 0 Å². The second kappa shape index (κ2) is 8.05. The minimum absolute atomic E-state index is 0.0238. The van der Waals surface area contributed by atoms with Gasteiger partial charge in [-0.15, -0.1) is 0 Å². The Balaban J connectivity index is 1.70. The average Bonchev–Trinajstić information content (AvgIpc) is 2.65. The molecule has 1 saturated heterocycles. The summed E-state index contributed by atoms with van der Waals surface area (Å²) in [5.41, 5.74) is 7.14. The number of carbonyl (C=O) groups excluding carboxylic acids is 1. The number of nitrogens with zero attached hydrogens (tertiary/aromatic N) is 3. The number of ether oxygens (including phenoxy) is 1. The van der Waals surface area contributed by atoms with Crippen LogP contribution in [0.4, 0.5) is 5.69 Å². The van der Waals surface area contributed by atoms with Gasteiger partial charge in [0.05, 0.1) is 13.3 Å². The first kappa shape index (κ1) is 18.0. The van der Waals surface area contributed by atoms with E-state index < -0.39 is 5.91 Å². The molecule has 0 bridgehead atoms. The van der Waals surface area contributed by atoms with Gasteiger partial charge in [0, 0.05) is 50.2 Å². The third-order valence-electron chi connectivity index (χ3n) is 4.61. The first-order chi connectivity index (χ1) is 12.6. The Hall–Kier alpha value is -2.80. The number of hydrogen-bond donors (Lipinski definition) is 1. The van der Waals surface area contributed by atoms with E-state index in [2.05, 4.69) is 21.9 Å². The Morgan fingerprint density at radius 2 is 1.85 bits per heavy atom. The normalized spacial score (nSPS) is 15.0. The zero-order valence-corrected chi connectivity index (χ0v) is 14.9. The van der Waals surface area contributed by atoms with E-state index >= 15 is 0 Å². The van der Waals surface area contributed by atoms with Crippen molar-refractivity contribution >= 4 is 11.6 Å². The van der Waals surface area contributed by atoms with Gasteiger partial charge in [0.15, 0.2) is 5.75 Å². The highest BCUT2D eigenvalue weighted by Crippen LogP contribution is 2.17. The maximum Gasteiger partial charge on any atom is 0.237 e. The Labute approximate surface area is 152 Å². The summed E-state index contributed by atoms with van der Waals surface area (Å²) in [6.07, 6.45) is 1.56. The van der Waals surface area contributed by atoms with Crippen LogP contribution in [0.2, 0.25) is 0 Å². The van der Waals surface area contributed by atoms with Crippen LogP contribution >= 0.6 is 0 Å². The van der Waals surface area contributed by atoms with Gasteiger partial charge in [0.25, 0.3) is 0 Å². The highest BCUT2D eigenvalue weighted by atomic mass is 16.5. The van der Waals surface area contributed by atoms with Crippen molar-refractivity contribution < 1.29 is 9.53 Å². The van der Waals surface area contributed by atoms with E-state index in [1.54, 1.807) is 10.8 Å². The summed E-state index contributed by atoms with van der Waals surface area (Å²) in [5.74, 6) is -0.241. The van der Waals surface area contributed by atoms with Crippen molar-refractivity contribution in [3.05, 3.63) is 58.5 Å². The molecule has 2 aromatic rings. The van der Waals surface area contributed by atoms with E-state index in [0.29, 0.717) is 6.54 Å². The molecule has 1 fully saturated rings. The van der Waals surface area contributed by atoms with Crippen LogP contribution in [0.15, 0.2) is 47.4 Å². The van der Waals surface area contributed by atoms with Crippen LogP contribution in [0.5, 0.6) is 5.75 Å². The second-order valence-corrected chi connectivity index (χ2v) is 6.39. The number of aromatic nitrogens is 1. The lowest BCUT2D eigenvalue weighted by molar-refractivity contribution is -0.118. The van der Waals surface area contributed by atoms with Crippen molar-refractivity contribution in [3.63, 3.8) is 0 Å². The predicted molar refractivity (Wildman–Crippen MR) is 100 cm³/mol. The molecule has 1 aromatic carbocycles. The van der Waals surface area contributed by atoms with Crippen LogP contribution in [-0.4, -0.2) is 48.7 Å². The summed E-state index contributed by atoms with van der Waals surface area (Å²) in [4.78, 5) is 28.1. The minimum Gasteiger partial charge on any atom is -0.491 e. The van der Waals surface area contributed by atoms with Crippen LogP contribution in [0.3, 0.4) is 0 Å². The van der Waals surface area contributed by atoms with E-state index in [-0.39, 0.29) is 17.7 Å². The second-order valence-electron chi connectivity index (χ2n) is 6.39. The van der Waals surface area contributed by atoms with Gasteiger partial charge in [0.1, 0.15) is 6.54 Å². The van der Waals surface area contributed by atoms with Gasteiger partial charge in [-0.25, -0.2) is 0 Å². The summed E-state index contributed by atoms with van der Waals surface area (Å²) in [5, 5.41) is 0. The van der Waals surface area contributed by atoms with Gasteiger partial charge in [-0.05, 0) is 12.1 Å². The minimum atomic E-state index is -0.453. The number of anilines is 1. The Bertz CT molecular complexity index is 811. The molecule has 0 atom stereocenters. The molecule has 7 nitrogen and oxygen atoms in total. The van der Waals surface area contributed by atoms with Crippen molar-refractivity contribution in [2.24, 2.45) is 5.73 Å². The quantitative estimate of drug-likeness (QED) is 0.823. The molecular formula is C19H24N4O3. The third-order valence-corrected chi connectivity index (χ3v) is 4.61. The van der Waals surface area contributed by atoms with E-state index in [4.69, 9.17) is 10.5 Å². The molecule has 0 aliphatic carbocycles. The van der Waals surface area contributed by atoms with Crippen LogP contribution < -0.4 is 20.8 Å². The van der Waals surface area contributed by atoms with E-state index in [1.165, 1.54) is 18.9 Å². The summed E-state index contributed by atoms with van der Waals surface area (Å²) >= 11 is 0. The fourth-order valence-corrected chi connectivity index (χ4v) is 3.23. The molecule has 0 radical (unpaired) electrons. The molecule has 1 aliphatic heterocycles. The van der Waals surface area contributed by atoms with Crippen molar-refractivity contribution in [2.45, 2.75) is 13.1 Å². The number of nitrogens with two attached hydrogens (primary N) is 1. The summed E-state index contributed by atoms with van der Waals surface area (Å²) < 4.78 is 6.77. The van der Waals surface area contributed by atoms with Gasteiger partial charge >= 0.3 is 0 Å². The Morgan fingerprint density at radius 1 is 1.15 bits per heavy atom. The number of hydrogen-bond acceptors (Lipinski definition) is 5. The fourth-order valence-electron chi connectivity index (χ4n) is 3.23. The number of piperazine rings is 1. The standard InChI is InChI=1S/C19H24N4O3/c1-26-18-13-23(14-19(20)25)16(11-17(18)24)12-21-7-9-22(10-8-21)15-5-3-2-4-6-15/h2-6,11,13H,7-10,12,14H2,1H3,(H2,20,25). The SMILES string of the molecule is COc1cn(CC(N)=O)c(CN2CCN(c3ccccc3)CC2)cc1=O. The first-order valence-corrected chi connectivity index (χ1v) is 8.65. The number of amides is 1. The number of carbonyl (C=O) groups is 1. The summed E-state index contributed by atoms with van der Waals surface area (Å²) in [6, 6.07) is 11.9. The van der Waals surface area contributed by atoms with Gasteiger partial charge in [-0.3, -0.25) is 14.5 Å². The summed E-state index contributed by atoms with van der Waals surface area (Å²) in [7, 11) is 1.44. The first-order valence-electron chi connectivity index (χ1n) is 8.65. The number of para-hydroxylation sites is 1. The lowest BCUT2D eigenvalue weighted by atomic mass is 10.2. The predicted octanol–water partition coefficient (Wildman–Crippen LogP) is 0.664. The number of primary amides is 1. The molecule has 0 spiro atoms. The highest BCUT2D eigenvalue weighted by molar-refractivity contribution is 5.73. The lowest BCUT2D eigenvalue weighted by Crippen LogP contribution is -2.46. The smallest absolute Gasteiger partial charge is 0.237 e. The van der Waals surface area contributed by atoms with Gasteiger partial charge in [-0.2, -0.15) is 0 Å². The molecule has 1 amide bonds. The molecule has 3 rings (SSSR count). The number of rotatable bonds is 6.